The van der Waals surface area contributed by atoms with E-state index in [1.807, 2.05) is 6.92 Å². The van der Waals surface area contributed by atoms with Crippen LogP contribution in [0.5, 0.6) is 0 Å². The number of sulfone groups is 1. The van der Waals surface area contributed by atoms with Gasteiger partial charge in [-0.3, -0.25) is 4.79 Å². The third-order valence-corrected chi connectivity index (χ3v) is 7.79. The van der Waals surface area contributed by atoms with Gasteiger partial charge in [-0.1, -0.05) is 6.07 Å². The number of aromatic nitrogens is 2. The van der Waals surface area contributed by atoms with Crippen molar-refractivity contribution < 1.29 is 26.4 Å². The summed E-state index contributed by atoms with van der Waals surface area (Å²) >= 11 is 0. The lowest BCUT2D eigenvalue weighted by atomic mass is 10.0. The second-order valence-corrected chi connectivity index (χ2v) is 11.5. The summed E-state index contributed by atoms with van der Waals surface area (Å²) in [6.07, 6.45) is 2.05. The Balaban J connectivity index is 1.43. The van der Waals surface area contributed by atoms with Crippen LogP contribution < -0.4 is 4.90 Å². The van der Waals surface area contributed by atoms with Crippen molar-refractivity contribution in [1.29, 1.82) is 0 Å². The molecule has 0 saturated carbocycles. The van der Waals surface area contributed by atoms with Crippen molar-refractivity contribution in [3.8, 4) is 5.69 Å². The lowest BCUT2D eigenvalue weighted by Gasteiger charge is -2.35. The molecule has 0 aliphatic carbocycles. The molecule has 0 bridgehead atoms. The summed E-state index contributed by atoms with van der Waals surface area (Å²) in [5.41, 5.74) is 3.13. The van der Waals surface area contributed by atoms with Gasteiger partial charge >= 0.3 is 0 Å². The van der Waals surface area contributed by atoms with Gasteiger partial charge in [0.05, 0.1) is 22.7 Å². The van der Waals surface area contributed by atoms with Gasteiger partial charge in [-0.25, -0.2) is 26.3 Å². The summed E-state index contributed by atoms with van der Waals surface area (Å²) in [6.45, 7) is 2.34. The van der Waals surface area contributed by atoms with Crippen molar-refractivity contribution in [3.63, 3.8) is 0 Å². The summed E-state index contributed by atoms with van der Waals surface area (Å²) in [4.78, 5) is 16.8. The summed E-state index contributed by atoms with van der Waals surface area (Å²) in [7, 11) is -3.60. The van der Waals surface area contributed by atoms with E-state index in [0.29, 0.717) is 17.1 Å². The zero-order valence-electron chi connectivity index (χ0n) is 19.8. The molecule has 0 unspecified atom stereocenters. The average molecular weight is 519 g/mol. The van der Waals surface area contributed by atoms with Gasteiger partial charge in [0.2, 0.25) is 0 Å². The number of carbonyl (C=O) groups is 1. The van der Waals surface area contributed by atoms with Gasteiger partial charge in [-0.15, -0.1) is 0 Å². The van der Waals surface area contributed by atoms with E-state index in [9.17, 15) is 26.4 Å². The van der Waals surface area contributed by atoms with Gasteiger partial charge in [0.25, 0.3) is 11.8 Å². The van der Waals surface area contributed by atoms with E-state index in [1.165, 1.54) is 33.8 Å². The van der Waals surface area contributed by atoms with Crippen molar-refractivity contribution in [2.75, 3.05) is 24.2 Å². The number of aryl methyl sites for hydroxylation is 1. The van der Waals surface area contributed by atoms with Gasteiger partial charge in [-0.2, -0.15) is 5.10 Å². The van der Waals surface area contributed by atoms with Crippen LogP contribution in [0.4, 0.5) is 18.9 Å². The number of piperidine rings is 1. The molecule has 1 amide bonds. The van der Waals surface area contributed by atoms with Crippen LogP contribution in [0.15, 0.2) is 47.5 Å². The molecular weight excluding hydrogens is 493 g/mol. The van der Waals surface area contributed by atoms with Crippen LogP contribution in [0, 0.1) is 12.7 Å². The molecule has 0 spiro atoms. The van der Waals surface area contributed by atoms with Crippen LogP contribution in [0.1, 0.15) is 40.0 Å². The zero-order chi connectivity index (χ0) is 25.8. The van der Waals surface area contributed by atoms with Crippen LogP contribution in [0.2, 0.25) is 0 Å². The number of fused-ring (bicyclic) bond motifs is 1. The van der Waals surface area contributed by atoms with E-state index in [0.717, 1.165) is 17.4 Å². The molecule has 11 heteroatoms. The van der Waals surface area contributed by atoms with Gasteiger partial charge < -0.3 is 9.80 Å². The fraction of sp³-hybridized carbons (Fsp3) is 0.360. The number of alkyl halides is 2. The van der Waals surface area contributed by atoms with E-state index in [-0.39, 0.29) is 49.5 Å². The number of hydrogen-bond donors (Lipinski definition) is 0. The second kappa shape index (κ2) is 8.65. The van der Waals surface area contributed by atoms with Crippen LogP contribution in [-0.2, 0) is 22.9 Å². The summed E-state index contributed by atoms with van der Waals surface area (Å²) in [5, 5.41) is 4.47. The quantitative estimate of drug-likeness (QED) is 0.520. The molecular formula is C25H25F3N4O3S. The summed E-state index contributed by atoms with van der Waals surface area (Å²) in [6, 6.07) is 8.96. The first-order valence-electron chi connectivity index (χ1n) is 11.5. The van der Waals surface area contributed by atoms with E-state index in [4.69, 9.17) is 0 Å². The highest BCUT2D eigenvalue weighted by molar-refractivity contribution is 7.90. The Morgan fingerprint density at radius 3 is 2.42 bits per heavy atom. The number of hydrogen-bond acceptors (Lipinski definition) is 5. The normalized spacial score (nSPS) is 17.4. The number of amides is 1. The summed E-state index contributed by atoms with van der Waals surface area (Å²) < 4.78 is 67.6. The van der Waals surface area contributed by atoms with Crippen molar-refractivity contribution in [3.05, 3.63) is 70.8 Å². The first kappa shape index (κ1) is 24.4. The van der Waals surface area contributed by atoms with E-state index in [1.54, 1.807) is 23.2 Å². The van der Waals surface area contributed by atoms with Crippen LogP contribution >= 0.6 is 0 Å². The van der Waals surface area contributed by atoms with Gasteiger partial charge in [-0.05, 0) is 42.8 Å². The number of nitrogens with zero attached hydrogens (tertiary/aromatic N) is 4. The maximum Gasteiger partial charge on any atom is 0.256 e. The smallest absolute Gasteiger partial charge is 0.256 e. The molecule has 2 aliphatic rings. The first-order chi connectivity index (χ1) is 16.9. The molecule has 2 aliphatic heterocycles. The number of halogens is 3. The maximum atomic E-state index is 14.3. The van der Waals surface area contributed by atoms with Crippen LogP contribution in [-0.4, -0.2) is 54.3 Å². The Bertz CT molecular complexity index is 1440. The first-order valence-corrected chi connectivity index (χ1v) is 13.4. The van der Waals surface area contributed by atoms with Crippen molar-refractivity contribution >= 4 is 21.4 Å². The number of anilines is 1. The number of benzene rings is 2. The molecule has 0 N–H and O–H groups in total. The Hall–Kier alpha value is -3.34. The van der Waals surface area contributed by atoms with E-state index in [2.05, 4.69) is 5.10 Å². The van der Waals surface area contributed by atoms with Crippen LogP contribution in [0.25, 0.3) is 5.69 Å². The van der Waals surface area contributed by atoms with Gasteiger partial charge in [0.15, 0.2) is 9.84 Å². The molecule has 36 heavy (non-hydrogen) atoms. The molecule has 190 valence electrons. The molecule has 2 aromatic carbocycles. The standard InChI is InChI=1S/C25H25F3N4O3S/c1-16-3-5-20(26)23(11-16)32-14-17-13-31(15-21(17)29-32)24(33)19-12-18(36(2,34)35)4-6-22(19)30-9-7-25(27,28)8-10-30/h3-6,11-12,14H,7-10,13,15H2,1-2H3. The topological polar surface area (TPSA) is 75.5 Å². The minimum absolute atomic E-state index is 0.0195. The van der Waals surface area contributed by atoms with Crippen molar-refractivity contribution in [2.24, 2.45) is 0 Å². The van der Waals surface area contributed by atoms with Crippen molar-refractivity contribution in [1.82, 2.24) is 14.7 Å². The van der Waals surface area contributed by atoms with Crippen molar-refractivity contribution in [2.45, 2.75) is 43.7 Å². The molecule has 3 heterocycles. The predicted octanol–water partition coefficient (Wildman–Crippen LogP) is 4.11. The lowest BCUT2D eigenvalue weighted by molar-refractivity contribution is -0.0220. The molecule has 7 nitrogen and oxygen atoms in total. The monoisotopic (exact) mass is 518 g/mol. The highest BCUT2D eigenvalue weighted by atomic mass is 32.2. The molecule has 5 rings (SSSR count). The largest absolute Gasteiger partial charge is 0.370 e. The molecule has 3 aromatic rings. The molecule has 1 aromatic heterocycles. The Morgan fingerprint density at radius 1 is 1.03 bits per heavy atom. The SMILES string of the molecule is Cc1ccc(F)c(-n2cc3c(n2)CN(C(=O)c2cc(S(C)(=O)=O)ccc2N2CCC(F)(F)CC2)C3)c1. The fourth-order valence-corrected chi connectivity index (χ4v) is 5.30. The molecule has 1 fully saturated rings. The second-order valence-electron chi connectivity index (χ2n) is 9.46. The van der Waals surface area contributed by atoms with E-state index >= 15 is 0 Å². The van der Waals surface area contributed by atoms with E-state index < -0.39 is 27.5 Å². The minimum atomic E-state index is -3.60. The summed E-state index contributed by atoms with van der Waals surface area (Å²) in [5.74, 6) is -3.59. The Morgan fingerprint density at radius 2 is 1.75 bits per heavy atom. The zero-order valence-corrected chi connectivity index (χ0v) is 20.7. The Labute approximate surface area is 207 Å². The van der Waals surface area contributed by atoms with Crippen LogP contribution in [0.3, 0.4) is 0 Å². The van der Waals surface area contributed by atoms with Gasteiger partial charge in [0, 0.05) is 56.2 Å². The highest BCUT2D eigenvalue weighted by Crippen LogP contribution is 2.34. The predicted molar refractivity (Wildman–Crippen MR) is 128 cm³/mol. The lowest BCUT2D eigenvalue weighted by Crippen LogP contribution is -2.40. The number of rotatable bonds is 4. The van der Waals surface area contributed by atoms with Gasteiger partial charge in [0.1, 0.15) is 11.5 Å². The highest BCUT2D eigenvalue weighted by Gasteiger charge is 2.36. The molecule has 1 saturated heterocycles. The third kappa shape index (κ3) is 4.59. The average Bonchev–Trinajstić information content (AvgIpc) is 3.39. The third-order valence-electron chi connectivity index (χ3n) is 6.68. The number of carbonyl (C=O) groups excluding carboxylic acids is 1. The fourth-order valence-electron chi connectivity index (χ4n) is 4.66. The Kier molecular flexibility index (Phi) is 5.85. The minimum Gasteiger partial charge on any atom is -0.370 e. The molecule has 0 atom stereocenters. The maximum absolute atomic E-state index is 14.3. The molecule has 0 radical (unpaired) electrons.